The molecular weight excluding hydrogens is 204 g/mol. The third-order valence-corrected chi connectivity index (χ3v) is 2.96. The average Bonchev–Trinajstić information content (AvgIpc) is 2.32. The molecule has 0 aliphatic carbocycles. The quantitative estimate of drug-likeness (QED) is 0.388. The van der Waals surface area contributed by atoms with Gasteiger partial charge in [0.2, 0.25) is 0 Å². The summed E-state index contributed by atoms with van der Waals surface area (Å²) < 4.78 is 0. The van der Waals surface area contributed by atoms with Crippen molar-refractivity contribution in [3.8, 4) is 0 Å². The molecule has 0 saturated carbocycles. The molecule has 0 spiro atoms. The highest BCUT2D eigenvalue weighted by Gasteiger charge is 2.17. The maximum Gasteiger partial charge on any atom is 0.117 e. The molecule has 0 heterocycles. The minimum absolute atomic E-state index is 0.423. The zero-order chi connectivity index (χ0) is 12.2. The van der Waals surface area contributed by atoms with Crippen molar-refractivity contribution in [2.75, 3.05) is 0 Å². The molecule has 2 unspecified atom stereocenters. The molecule has 0 saturated heterocycles. The van der Waals surface area contributed by atoms with E-state index in [2.05, 4.69) is 17.3 Å². The summed E-state index contributed by atoms with van der Waals surface area (Å²) in [6.07, 6.45) is 9.17. The fourth-order valence-corrected chi connectivity index (χ4v) is 1.76. The van der Waals surface area contributed by atoms with E-state index in [0.29, 0.717) is 6.42 Å². The van der Waals surface area contributed by atoms with Crippen LogP contribution in [0.4, 0.5) is 0 Å². The standard InChI is InChI=1S/C12H24N2O2/c1-3-4-5-6-7-8-9-10-12(14-16)11(2)13-15/h11-12H,3-10H2,1-2H3. The van der Waals surface area contributed by atoms with E-state index in [1.807, 2.05) is 0 Å². The van der Waals surface area contributed by atoms with Crippen LogP contribution in [0.15, 0.2) is 10.4 Å². The highest BCUT2D eigenvalue weighted by atomic mass is 16.3. The van der Waals surface area contributed by atoms with Gasteiger partial charge in [0.15, 0.2) is 0 Å². The molecule has 4 heteroatoms. The molecule has 0 aromatic carbocycles. The molecule has 0 aromatic rings. The molecule has 0 aromatic heterocycles. The topological polar surface area (TPSA) is 58.9 Å². The molecule has 0 amide bonds. The van der Waals surface area contributed by atoms with Gasteiger partial charge in [-0.25, -0.2) is 0 Å². The maximum absolute atomic E-state index is 10.5. The van der Waals surface area contributed by atoms with Crippen LogP contribution >= 0.6 is 0 Å². The van der Waals surface area contributed by atoms with Gasteiger partial charge in [0.1, 0.15) is 12.1 Å². The predicted molar refractivity (Wildman–Crippen MR) is 67.5 cm³/mol. The van der Waals surface area contributed by atoms with Crippen LogP contribution in [0.2, 0.25) is 0 Å². The monoisotopic (exact) mass is 228 g/mol. The molecule has 0 aliphatic heterocycles. The lowest BCUT2D eigenvalue weighted by Crippen LogP contribution is -2.18. The second-order valence-corrected chi connectivity index (χ2v) is 4.43. The van der Waals surface area contributed by atoms with Crippen LogP contribution in [-0.4, -0.2) is 12.1 Å². The molecule has 0 radical (unpaired) electrons. The van der Waals surface area contributed by atoms with Crippen molar-refractivity contribution < 1.29 is 0 Å². The first kappa shape index (κ1) is 15.2. The zero-order valence-electron chi connectivity index (χ0n) is 10.5. The van der Waals surface area contributed by atoms with Crippen molar-refractivity contribution in [1.82, 2.24) is 0 Å². The molecule has 0 rings (SSSR count). The van der Waals surface area contributed by atoms with E-state index in [9.17, 15) is 9.81 Å². The number of hydrogen-bond donors (Lipinski definition) is 0. The summed E-state index contributed by atoms with van der Waals surface area (Å²) in [6.45, 7) is 3.86. The Kier molecular flexibility index (Phi) is 10.2. The van der Waals surface area contributed by atoms with Gasteiger partial charge in [-0.3, -0.25) is 0 Å². The van der Waals surface area contributed by atoms with E-state index in [0.717, 1.165) is 12.8 Å². The molecule has 94 valence electrons. The lowest BCUT2D eigenvalue weighted by molar-refractivity contribution is 0.482. The third kappa shape index (κ3) is 7.49. The molecule has 0 fully saturated rings. The van der Waals surface area contributed by atoms with Gasteiger partial charge in [0.25, 0.3) is 0 Å². The van der Waals surface area contributed by atoms with Crippen LogP contribution in [0.25, 0.3) is 0 Å². The second kappa shape index (κ2) is 10.7. The Morgan fingerprint density at radius 2 is 1.44 bits per heavy atom. The van der Waals surface area contributed by atoms with Crippen molar-refractivity contribution in [3.63, 3.8) is 0 Å². The van der Waals surface area contributed by atoms with Gasteiger partial charge >= 0.3 is 0 Å². The second-order valence-electron chi connectivity index (χ2n) is 4.43. The van der Waals surface area contributed by atoms with Crippen LogP contribution in [0, 0.1) is 9.81 Å². The molecule has 0 aliphatic rings. The Bertz CT molecular complexity index is 186. The van der Waals surface area contributed by atoms with Gasteiger partial charge in [0, 0.05) is 0 Å². The van der Waals surface area contributed by atoms with E-state index >= 15 is 0 Å². The van der Waals surface area contributed by atoms with Crippen LogP contribution in [-0.2, 0) is 0 Å². The largest absolute Gasteiger partial charge is 0.150 e. The van der Waals surface area contributed by atoms with E-state index in [1.54, 1.807) is 6.92 Å². The lowest BCUT2D eigenvalue weighted by Gasteiger charge is -2.09. The lowest BCUT2D eigenvalue weighted by atomic mass is 10.0. The molecule has 4 nitrogen and oxygen atoms in total. The van der Waals surface area contributed by atoms with Crippen molar-refractivity contribution in [2.24, 2.45) is 10.4 Å². The first-order valence-electron chi connectivity index (χ1n) is 6.41. The Balaban J connectivity index is 3.41. The summed E-state index contributed by atoms with van der Waals surface area (Å²) in [6, 6.07) is -0.897. The summed E-state index contributed by atoms with van der Waals surface area (Å²) in [5.74, 6) is 0. The minimum atomic E-state index is -0.474. The van der Waals surface area contributed by atoms with Crippen molar-refractivity contribution in [3.05, 3.63) is 9.81 Å². The van der Waals surface area contributed by atoms with E-state index in [1.165, 1.54) is 32.1 Å². The third-order valence-electron chi connectivity index (χ3n) is 2.96. The summed E-state index contributed by atoms with van der Waals surface area (Å²) in [5.41, 5.74) is 0. The van der Waals surface area contributed by atoms with Gasteiger partial charge in [-0.05, 0) is 13.3 Å². The smallest absolute Gasteiger partial charge is 0.117 e. The highest BCUT2D eigenvalue weighted by molar-refractivity contribution is 4.77. The SMILES string of the molecule is CCCCCCCCCC(N=O)C(C)N=O. The Labute approximate surface area is 98.1 Å². The number of unbranched alkanes of at least 4 members (excludes halogenated alkanes) is 6. The van der Waals surface area contributed by atoms with E-state index < -0.39 is 12.1 Å². The fourth-order valence-electron chi connectivity index (χ4n) is 1.76. The van der Waals surface area contributed by atoms with Gasteiger partial charge in [-0.15, -0.1) is 0 Å². The molecule has 16 heavy (non-hydrogen) atoms. The predicted octanol–water partition coefficient (Wildman–Crippen LogP) is 4.42. The van der Waals surface area contributed by atoms with Gasteiger partial charge in [0.05, 0.1) is 0 Å². The summed E-state index contributed by atoms with van der Waals surface area (Å²) in [4.78, 5) is 20.7. The van der Waals surface area contributed by atoms with Gasteiger partial charge < -0.3 is 0 Å². The fraction of sp³-hybridized carbons (Fsp3) is 1.00. The van der Waals surface area contributed by atoms with Crippen LogP contribution < -0.4 is 0 Å². The normalized spacial score (nSPS) is 14.4. The van der Waals surface area contributed by atoms with Crippen LogP contribution in [0.1, 0.15) is 65.2 Å². The summed E-state index contributed by atoms with van der Waals surface area (Å²) >= 11 is 0. The van der Waals surface area contributed by atoms with Crippen molar-refractivity contribution >= 4 is 0 Å². The van der Waals surface area contributed by atoms with Crippen molar-refractivity contribution in [2.45, 2.75) is 77.3 Å². The van der Waals surface area contributed by atoms with Crippen molar-refractivity contribution in [1.29, 1.82) is 0 Å². The first-order chi connectivity index (χ1) is 7.76. The Morgan fingerprint density at radius 3 is 1.94 bits per heavy atom. The molecule has 0 bridgehead atoms. The van der Waals surface area contributed by atoms with Crippen LogP contribution in [0.5, 0.6) is 0 Å². The maximum atomic E-state index is 10.5. The summed E-state index contributed by atoms with van der Waals surface area (Å²) in [7, 11) is 0. The van der Waals surface area contributed by atoms with Gasteiger partial charge in [-0.2, -0.15) is 9.81 Å². The van der Waals surface area contributed by atoms with Gasteiger partial charge in [-0.1, -0.05) is 62.2 Å². The average molecular weight is 228 g/mol. The first-order valence-corrected chi connectivity index (χ1v) is 6.41. The number of nitroso groups, excluding NO2 is 2. The molecular formula is C12H24N2O2. The van der Waals surface area contributed by atoms with E-state index in [4.69, 9.17) is 0 Å². The number of hydrogen-bond acceptors (Lipinski definition) is 4. The number of rotatable bonds is 11. The minimum Gasteiger partial charge on any atom is -0.150 e. The van der Waals surface area contributed by atoms with E-state index in [-0.39, 0.29) is 0 Å². The Morgan fingerprint density at radius 1 is 0.875 bits per heavy atom. The Hall–Kier alpha value is -0.800. The highest BCUT2D eigenvalue weighted by Crippen LogP contribution is 2.14. The molecule has 0 N–H and O–H groups in total. The summed E-state index contributed by atoms with van der Waals surface area (Å²) in [5, 5.41) is 5.82. The zero-order valence-corrected chi connectivity index (χ0v) is 10.5. The molecule has 2 atom stereocenters. The number of nitrogens with zero attached hydrogens (tertiary/aromatic N) is 2. The van der Waals surface area contributed by atoms with Crippen LogP contribution in [0.3, 0.4) is 0 Å².